The van der Waals surface area contributed by atoms with Gasteiger partial charge in [-0.05, 0) is 23.6 Å². The van der Waals surface area contributed by atoms with Gasteiger partial charge in [0.1, 0.15) is 0 Å². The number of fused-ring (bicyclic) bond motifs is 2. The Morgan fingerprint density at radius 1 is 0.833 bits per heavy atom. The van der Waals surface area contributed by atoms with Crippen molar-refractivity contribution < 1.29 is 0 Å². The van der Waals surface area contributed by atoms with Crippen molar-refractivity contribution in [3.8, 4) is 0 Å². The van der Waals surface area contributed by atoms with Gasteiger partial charge < -0.3 is 0 Å². The van der Waals surface area contributed by atoms with Crippen LogP contribution in [-0.4, -0.2) is 15.0 Å². The van der Waals surface area contributed by atoms with Crippen LogP contribution in [0, 0.1) is 0 Å². The SMILES string of the molecule is c1cc2sccc2cn1.c1cc2scnc2cn1. The number of aromatic nitrogens is 3. The molecule has 0 bridgehead atoms. The highest BCUT2D eigenvalue weighted by Crippen LogP contribution is 2.17. The van der Waals surface area contributed by atoms with Gasteiger partial charge in [0.25, 0.3) is 0 Å². The molecule has 0 aliphatic rings. The molecule has 88 valence electrons. The average Bonchev–Trinajstić information content (AvgIpc) is 3.08. The molecular weight excluding hydrogens is 262 g/mol. The summed E-state index contributed by atoms with van der Waals surface area (Å²) in [5, 5.41) is 3.31. The van der Waals surface area contributed by atoms with Gasteiger partial charge in [-0.1, -0.05) is 0 Å². The molecule has 0 aliphatic heterocycles. The van der Waals surface area contributed by atoms with Gasteiger partial charge in [-0.3, -0.25) is 9.97 Å². The Bertz CT molecular complexity index is 634. The zero-order chi connectivity index (χ0) is 12.2. The van der Waals surface area contributed by atoms with Crippen molar-refractivity contribution in [2.75, 3.05) is 0 Å². The molecule has 5 heteroatoms. The van der Waals surface area contributed by atoms with Crippen LogP contribution in [0.25, 0.3) is 20.3 Å². The van der Waals surface area contributed by atoms with E-state index in [1.54, 1.807) is 35.1 Å². The number of thiazole rings is 1. The number of pyridine rings is 2. The van der Waals surface area contributed by atoms with Gasteiger partial charge in [-0.15, -0.1) is 22.7 Å². The van der Waals surface area contributed by atoms with E-state index in [4.69, 9.17) is 0 Å². The van der Waals surface area contributed by atoms with Gasteiger partial charge in [0.15, 0.2) is 0 Å². The molecular formula is C13H9N3S2. The van der Waals surface area contributed by atoms with Gasteiger partial charge in [0.2, 0.25) is 0 Å². The monoisotopic (exact) mass is 271 g/mol. The summed E-state index contributed by atoms with van der Waals surface area (Å²) >= 11 is 3.38. The van der Waals surface area contributed by atoms with E-state index < -0.39 is 0 Å². The van der Waals surface area contributed by atoms with Gasteiger partial charge in [-0.25, -0.2) is 4.98 Å². The second kappa shape index (κ2) is 5.20. The van der Waals surface area contributed by atoms with E-state index in [0.717, 1.165) is 5.52 Å². The first-order chi connectivity index (χ1) is 8.93. The molecule has 0 unspecified atom stereocenters. The van der Waals surface area contributed by atoms with E-state index in [0.29, 0.717) is 0 Å². The van der Waals surface area contributed by atoms with Gasteiger partial charge in [0.05, 0.1) is 21.9 Å². The molecule has 0 aliphatic carbocycles. The second-order valence-corrected chi connectivity index (χ2v) is 5.36. The molecule has 0 atom stereocenters. The van der Waals surface area contributed by atoms with Crippen molar-refractivity contribution in [2.45, 2.75) is 0 Å². The van der Waals surface area contributed by atoms with Crippen LogP contribution in [0.4, 0.5) is 0 Å². The topological polar surface area (TPSA) is 38.7 Å². The Morgan fingerprint density at radius 3 is 2.50 bits per heavy atom. The standard InChI is InChI=1S/C7H5NS.C6H4N2S/c1-3-8-5-6-2-4-9-7(1)6;1-2-7-3-5-6(1)9-4-8-5/h1-5H;1-4H. The summed E-state index contributed by atoms with van der Waals surface area (Å²) in [6.45, 7) is 0. The average molecular weight is 271 g/mol. The van der Waals surface area contributed by atoms with Crippen molar-refractivity contribution >= 4 is 43.0 Å². The fourth-order valence-electron chi connectivity index (χ4n) is 1.52. The Morgan fingerprint density at radius 2 is 1.67 bits per heavy atom. The van der Waals surface area contributed by atoms with Crippen LogP contribution in [0.1, 0.15) is 0 Å². The third-order valence-corrected chi connectivity index (χ3v) is 4.09. The summed E-state index contributed by atoms with van der Waals surface area (Å²) in [5.41, 5.74) is 2.81. The molecule has 0 fully saturated rings. The normalized spacial score (nSPS) is 10.2. The van der Waals surface area contributed by atoms with E-state index in [1.165, 1.54) is 14.8 Å². The molecule has 0 N–H and O–H groups in total. The Balaban J connectivity index is 0.000000111. The van der Waals surface area contributed by atoms with Crippen LogP contribution in [0.2, 0.25) is 0 Å². The molecule has 0 aromatic carbocycles. The van der Waals surface area contributed by atoms with E-state index in [9.17, 15) is 0 Å². The zero-order valence-electron chi connectivity index (χ0n) is 9.35. The summed E-state index contributed by atoms with van der Waals surface area (Å²) in [6.07, 6.45) is 7.25. The molecule has 4 rings (SSSR count). The molecule has 3 nitrogen and oxygen atoms in total. The fraction of sp³-hybridized carbons (Fsp3) is 0. The number of nitrogens with zero attached hydrogens (tertiary/aromatic N) is 3. The van der Waals surface area contributed by atoms with Crippen LogP contribution < -0.4 is 0 Å². The number of thiophene rings is 1. The third kappa shape index (κ3) is 2.37. The lowest BCUT2D eigenvalue weighted by molar-refractivity contribution is 1.34. The Labute approximate surface area is 112 Å². The first-order valence-electron chi connectivity index (χ1n) is 5.34. The van der Waals surface area contributed by atoms with Crippen LogP contribution in [0.15, 0.2) is 53.9 Å². The summed E-state index contributed by atoms with van der Waals surface area (Å²) in [6, 6.07) is 6.07. The van der Waals surface area contributed by atoms with Crippen molar-refractivity contribution in [3.63, 3.8) is 0 Å². The minimum atomic E-state index is 0.988. The number of hydrogen-bond acceptors (Lipinski definition) is 5. The minimum Gasteiger partial charge on any atom is -0.264 e. The Kier molecular flexibility index (Phi) is 3.25. The predicted molar refractivity (Wildman–Crippen MR) is 77.0 cm³/mol. The maximum Gasteiger partial charge on any atom is 0.0995 e. The largest absolute Gasteiger partial charge is 0.264 e. The third-order valence-electron chi connectivity index (χ3n) is 2.39. The van der Waals surface area contributed by atoms with E-state index >= 15 is 0 Å². The first kappa shape index (κ1) is 11.3. The number of rotatable bonds is 0. The summed E-state index contributed by atoms with van der Waals surface area (Å²) in [5.74, 6) is 0. The fourth-order valence-corrected chi connectivity index (χ4v) is 2.92. The minimum absolute atomic E-state index is 0.988. The molecule has 0 radical (unpaired) electrons. The van der Waals surface area contributed by atoms with E-state index in [1.807, 2.05) is 30.0 Å². The number of hydrogen-bond donors (Lipinski definition) is 0. The van der Waals surface area contributed by atoms with Gasteiger partial charge in [0, 0.05) is 28.7 Å². The van der Waals surface area contributed by atoms with Crippen molar-refractivity contribution in [1.82, 2.24) is 15.0 Å². The lowest BCUT2D eigenvalue weighted by Gasteiger charge is -1.81. The highest BCUT2D eigenvalue weighted by atomic mass is 32.1. The van der Waals surface area contributed by atoms with Crippen molar-refractivity contribution in [3.05, 3.63) is 53.9 Å². The lowest BCUT2D eigenvalue weighted by Crippen LogP contribution is -1.67. The lowest BCUT2D eigenvalue weighted by atomic mass is 10.4. The Hall–Kier alpha value is -1.85. The van der Waals surface area contributed by atoms with Crippen molar-refractivity contribution in [2.24, 2.45) is 0 Å². The van der Waals surface area contributed by atoms with E-state index in [-0.39, 0.29) is 0 Å². The summed E-state index contributed by atoms with van der Waals surface area (Å²) in [7, 11) is 0. The molecule has 4 aromatic rings. The molecule has 0 saturated carbocycles. The molecule has 0 spiro atoms. The van der Waals surface area contributed by atoms with Gasteiger partial charge in [-0.2, -0.15) is 0 Å². The quantitative estimate of drug-likeness (QED) is 0.485. The molecule has 4 aromatic heterocycles. The zero-order valence-corrected chi connectivity index (χ0v) is 11.0. The summed E-state index contributed by atoms with van der Waals surface area (Å²) < 4.78 is 2.51. The first-order valence-corrected chi connectivity index (χ1v) is 7.10. The second-order valence-electron chi connectivity index (χ2n) is 3.53. The van der Waals surface area contributed by atoms with Crippen molar-refractivity contribution in [1.29, 1.82) is 0 Å². The van der Waals surface area contributed by atoms with Gasteiger partial charge >= 0.3 is 0 Å². The van der Waals surface area contributed by atoms with Crippen LogP contribution in [-0.2, 0) is 0 Å². The van der Waals surface area contributed by atoms with Crippen LogP contribution in [0.5, 0.6) is 0 Å². The predicted octanol–water partition coefficient (Wildman–Crippen LogP) is 3.99. The summed E-state index contributed by atoms with van der Waals surface area (Å²) in [4.78, 5) is 12.0. The molecule has 18 heavy (non-hydrogen) atoms. The van der Waals surface area contributed by atoms with Crippen LogP contribution >= 0.6 is 22.7 Å². The smallest absolute Gasteiger partial charge is 0.0995 e. The van der Waals surface area contributed by atoms with E-state index in [2.05, 4.69) is 26.4 Å². The molecule has 0 amide bonds. The molecule has 4 heterocycles. The molecule has 0 saturated heterocycles. The highest BCUT2D eigenvalue weighted by molar-refractivity contribution is 7.17. The highest BCUT2D eigenvalue weighted by Gasteiger charge is 1.90. The van der Waals surface area contributed by atoms with Crippen LogP contribution in [0.3, 0.4) is 0 Å². The maximum absolute atomic E-state index is 4.07. The maximum atomic E-state index is 4.07.